The Morgan fingerprint density at radius 2 is 1.65 bits per heavy atom. The van der Waals surface area contributed by atoms with Crippen molar-refractivity contribution >= 4 is 21.6 Å². The largest absolute Gasteiger partial charge is 0.349 e. The fourth-order valence-electron chi connectivity index (χ4n) is 3.44. The quantitative estimate of drug-likeness (QED) is 0.777. The molecule has 1 rings (SSSR count). The summed E-state index contributed by atoms with van der Waals surface area (Å²) in [5, 5.41) is 2.98. The van der Waals surface area contributed by atoms with Crippen LogP contribution in [0.5, 0.6) is 0 Å². The van der Waals surface area contributed by atoms with Gasteiger partial charge in [0.05, 0.1) is 11.9 Å². The van der Waals surface area contributed by atoms with Crippen LogP contribution in [-0.2, 0) is 14.8 Å². The van der Waals surface area contributed by atoms with Crippen molar-refractivity contribution in [2.45, 2.75) is 66.0 Å². The second-order valence-electron chi connectivity index (χ2n) is 8.57. The average Bonchev–Trinajstić information content (AvgIpc) is 2.41. The van der Waals surface area contributed by atoms with Crippen molar-refractivity contribution in [1.82, 2.24) is 5.32 Å². The summed E-state index contributed by atoms with van der Waals surface area (Å²) < 4.78 is 39.0. The highest BCUT2D eigenvalue weighted by Gasteiger charge is 2.35. The summed E-state index contributed by atoms with van der Waals surface area (Å²) in [6.07, 6.45) is 2.08. The molecule has 0 aliphatic carbocycles. The summed E-state index contributed by atoms with van der Waals surface area (Å²) in [6, 6.07) is 4.19. The molecule has 1 N–H and O–H groups in total. The number of nitrogens with one attached hydrogen (secondary N) is 1. The highest BCUT2D eigenvalue weighted by atomic mass is 32.2. The average molecular weight is 387 g/mol. The van der Waals surface area contributed by atoms with Gasteiger partial charge in [0.25, 0.3) is 0 Å². The van der Waals surface area contributed by atoms with E-state index in [1.807, 2.05) is 13.8 Å². The van der Waals surface area contributed by atoms with Gasteiger partial charge in [-0.25, -0.2) is 12.8 Å². The van der Waals surface area contributed by atoms with Crippen LogP contribution < -0.4 is 9.62 Å². The summed E-state index contributed by atoms with van der Waals surface area (Å²) in [5.41, 5.74) is -0.217. The molecule has 0 saturated carbocycles. The van der Waals surface area contributed by atoms with Gasteiger partial charge in [0.1, 0.15) is 11.9 Å². The van der Waals surface area contributed by atoms with Crippen molar-refractivity contribution in [2.24, 2.45) is 5.41 Å². The monoisotopic (exact) mass is 386 g/mol. The van der Waals surface area contributed by atoms with Gasteiger partial charge in [-0.2, -0.15) is 0 Å². The highest BCUT2D eigenvalue weighted by molar-refractivity contribution is 7.92. The molecule has 0 unspecified atom stereocenters. The summed E-state index contributed by atoms with van der Waals surface area (Å²) in [5.74, 6) is -0.831. The van der Waals surface area contributed by atoms with E-state index in [-0.39, 0.29) is 17.0 Å². The molecule has 0 spiro atoms. The van der Waals surface area contributed by atoms with Crippen molar-refractivity contribution in [1.29, 1.82) is 0 Å². The molecule has 0 heterocycles. The van der Waals surface area contributed by atoms with Crippen molar-refractivity contribution < 1.29 is 17.6 Å². The van der Waals surface area contributed by atoms with Crippen LogP contribution >= 0.6 is 0 Å². The van der Waals surface area contributed by atoms with E-state index in [0.29, 0.717) is 6.42 Å². The minimum Gasteiger partial charge on any atom is -0.349 e. The minimum absolute atomic E-state index is 0.00592. The first-order chi connectivity index (χ1) is 11.7. The molecule has 0 aliphatic heterocycles. The maximum Gasteiger partial charge on any atom is 0.244 e. The van der Waals surface area contributed by atoms with E-state index in [2.05, 4.69) is 26.1 Å². The molecule has 1 atom stereocenters. The smallest absolute Gasteiger partial charge is 0.244 e. The number of hydrogen-bond donors (Lipinski definition) is 1. The van der Waals surface area contributed by atoms with E-state index in [9.17, 15) is 17.6 Å². The molecular formula is C19H31FN2O3S. The predicted octanol–water partition coefficient (Wildman–Crippen LogP) is 3.70. The van der Waals surface area contributed by atoms with Crippen molar-refractivity contribution in [3.63, 3.8) is 0 Å². The van der Waals surface area contributed by atoms with Crippen molar-refractivity contribution in [3.8, 4) is 0 Å². The standard InChI is InChI=1S/C19H31FN2O3S/c1-8-16(17(23)21-19(5,6)13-18(2,3)4)22(26(7,24)25)15-11-9-14(20)10-12-15/h9-12,16H,8,13H2,1-7H3,(H,21,23)/t16-/m1/s1. The van der Waals surface area contributed by atoms with Crippen LogP contribution in [0, 0.1) is 11.2 Å². The molecule has 1 aromatic rings. The van der Waals surface area contributed by atoms with Crippen LogP contribution in [0.3, 0.4) is 0 Å². The molecule has 0 bridgehead atoms. The van der Waals surface area contributed by atoms with E-state index in [1.54, 1.807) is 6.92 Å². The van der Waals surface area contributed by atoms with Gasteiger partial charge in [-0.1, -0.05) is 27.7 Å². The Balaban J connectivity index is 3.18. The number of hydrogen-bond acceptors (Lipinski definition) is 3. The zero-order chi connectivity index (χ0) is 20.3. The minimum atomic E-state index is -3.73. The van der Waals surface area contributed by atoms with Crippen LogP contribution in [-0.4, -0.2) is 32.2 Å². The number of anilines is 1. The third-order valence-electron chi connectivity index (χ3n) is 3.84. The Morgan fingerprint density at radius 1 is 1.15 bits per heavy atom. The molecule has 0 aliphatic rings. The van der Waals surface area contributed by atoms with E-state index in [4.69, 9.17) is 0 Å². The third kappa shape index (κ3) is 6.59. The molecule has 0 radical (unpaired) electrons. The second kappa shape index (κ2) is 7.94. The van der Waals surface area contributed by atoms with Gasteiger partial charge >= 0.3 is 0 Å². The van der Waals surface area contributed by atoms with Crippen LogP contribution in [0.15, 0.2) is 24.3 Å². The topological polar surface area (TPSA) is 66.5 Å². The molecule has 5 nitrogen and oxygen atoms in total. The first-order valence-corrected chi connectivity index (χ1v) is 10.6. The molecule has 0 saturated heterocycles. The van der Waals surface area contributed by atoms with E-state index >= 15 is 0 Å². The lowest BCUT2D eigenvalue weighted by atomic mass is 9.81. The molecule has 7 heteroatoms. The van der Waals surface area contributed by atoms with E-state index in [0.717, 1.165) is 17.0 Å². The lowest BCUT2D eigenvalue weighted by Crippen LogP contribution is -2.55. The number of carbonyl (C=O) groups excluding carboxylic acids is 1. The third-order valence-corrected chi connectivity index (χ3v) is 5.02. The summed E-state index contributed by atoms with van der Waals surface area (Å²) >= 11 is 0. The number of nitrogens with zero attached hydrogens (tertiary/aromatic N) is 1. The molecular weight excluding hydrogens is 355 g/mol. The van der Waals surface area contributed by atoms with Crippen molar-refractivity contribution in [3.05, 3.63) is 30.1 Å². The van der Waals surface area contributed by atoms with Gasteiger partial charge in [-0.15, -0.1) is 0 Å². The number of rotatable bonds is 7. The van der Waals surface area contributed by atoms with Crippen LogP contribution in [0.1, 0.15) is 54.4 Å². The van der Waals surface area contributed by atoms with E-state index in [1.165, 1.54) is 24.3 Å². The normalized spacial score (nSPS) is 14.0. The Kier molecular flexibility index (Phi) is 6.85. The lowest BCUT2D eigenvalue weighted by molar-refractivity contribution is -0.124. The molecule has 0 fully saturated rings. The SMILES string of the molecule is CC[C@H](C(=O)NC(C)(C)CC(C)(C)C)N(c1ccc(F)cc1)S(C)(=O)=O. The zero-order valence-corrected chi connectivity index (χ0v) is 17.6. The van der Waals surface area contributed by atoms with Crippen LogP contribution in [0.25, 0.3) is 0 Å². The number of carbonyl (C=O) groups is 1. The predicted molar refractivity (Wildman–Crippen MR) is 104 cm³/mol. The number of amides is 1. The maximum atomic E-state index is 13.2. The Hall–Kier alpha value is -1.63. The van der Waals surface area contributed by atoms with Gasteiger partial charge in [0, 0.05) is 5.54 Å². The van der Waals surface area contributed by atoms with Gasteiger partial charge in [-0.3, -0.25) is 9.10 Å². The maximum absolute atomic E-state index is 13.2. The Bertz CT molecular complexity index is 722. The molecule has 1 amide bonds. The summed E-state index contributed by atoms with van der Waals surface area (Å²) in [6.45, 7) is 11.8. The number of halogens is 1. The second-order valence-corrected chi connectivity index (χ2v) is 10.4. The highest BCUT2D eigenvalue weighted by Crippen LogP contribution is 2.28. The molecule has 26 heavy (non-hydrogen) atoms. The number of benzene rings is 1. The summed E-state index contributed by atoms with van der Waals surface area (Å²) in [4.78, 5) is 12.9. The molecule has 148 valence electrons. The first kappa shape index (κ1) is 22.4. The zero-order valence-electron chi connectivity index (χ0n) is 16.8. The molecule has 0 aromatic heterocycles. The number of sulfonamides is 1. The fourth-order valence-corrected chi connectivity index (χ4v) is 4.65. The Labute approximate surface area is 157 Å². The first-order valence-electron chi connectivity index (χ1n) is 8.73. The van der Waals surface area contributed by atoms with Crippen LogP contribution in [0.4, 0.5) is 10.1 Å². The van der Waals surface area contributed by atoms with Gasteiger partial charge in [-0.05, 0) is 56.4 Å². The van der Waals surface area contributed by atoms with Gasteiger partial charge in [0.15, 0.2) is 0 Å². The molecule has 1 aromatic carbocycles. The Morgan fingerprint density at radius 3 is 2.04 bits per heavy atom. The van der Waals surface area contributed by atoms with Crippen molar-refractivity contribution in [2.75, 3.05) is 10.6 Å². The van der Waals surface area contributed by atoms with Crippen LogP contribution in [0.2, 0.25) is 0 Å². The lowest BCUT2D eigenvalue weighted by Gasteiger charge is -2.36. The summed E-state index contributed by atoms with van der Waals surface area (Å²) in [7, 11) is -3.73. The fraction of sp³-hybridized carbons (Fsp3) is 0.632. The van der Waals surface area contributed by atoms with Gasteiger partial charge < -0.3 is 5.32 Å². The van der Waals surface area contributed by atoms with E-state index < -0.39 is 27.4 Å². The van der Waals surface area contributed by atoms with Gasteiger partial charge in [0.2, 0.25) is 15.9 Å².